The molecule has 0 saturated heterocycles. The highest BCUT2D eigenvalue weighted by molar-refractivity contribution is 7.45. The minimum Gasteiger partial charge on any atom is -0.756 e. The maximum atomic E-state index is 12.8. The number of carbonyl (C=O) groups is 1. The first-order chi connectivity index (χ1) is 30.0. The van der Waals surface area contributed by atoms with E-state index in [0.717, 1.165) is 109 Å². The van der Waals surface area contributed by atoms with E-state index in [1.165, 1.54) is 44.9 Å². The van der Waals surface area contributed by atoms with Crippen LogP contribution in [0, 0.1) is 0 Å². The SMILES string of the molecule is CC/C=C\C/C=C\C/C=C\C/C=C\C/C=C\C/C=C\C/C=C\C/C=C\CCCCCCCCCCCCC(=O)NC(COP(=O)([O-])OCC[N+](C)(C)C)C(O)CCCCCCC. The predicted octanol–water partition coefficient (Wildman–Crippen LogP) is 13.7. The van der Waals surface area contributed by atoms with Crippen LogP contribution in [0.2, 0.25) is 0 Å². The molecule has 9 heteroatoms. The van der Waals surface area contributed by atoms with Crippen molar-refractivity contribution in [3.63, 3.8) is 0 Å². The van der Waals surface area contributed by atoms with Crippen LogP contribution in [-0.4, -0.2) is 68.5 Å². The zero-order valence-corrected chi connectivity index (χ0v) is 41.2. The Kier molecular flexibility index (Phi) is 41.8. The summed E-state index contributed by atoms with van der Waals surface area (Å²) in [5.41, 5.74) is 0. The summed E-state index contributed by atoms with van der Waals surface area (Å²) in [6.45, 7) is 4.48. The van der Waals surface area contributed by atoms with Crippen LogP contribution in [0.15, 0.2) is 97.2 Å². The van der Waals surface area contributed by atoms with Gasteiger partial charge in [0.1, 0.15) is 13.2 Å². The molecule has 2 N–H and O–H groups in total. The van der Waals surface area contributed by atoms with E-state index in [0.29, 0.717) is 23.9 Å². The number of quaternary nitrogens is 1. The molecule has 62 heavy (non-hydrogen) atoms. The molecule has 0 aliphatic rings. The number of nitrogens with zero attached hydrogens (tertiary/aromatic N) is 1. The van der Waals surface area contributed by atoms with Crippen LogP contribution in [-0.2, 0) is 18.4 Å². The van der Waals surface area contributed by atoms with Gasteiger partial charge in [-0.2, -0.15) is 0 Å². The van der Waals surface area contributed by atoms with Gasteiger partial charge in [0.15, 0.2) is 0 Å². The summed E-state index contributed by atoms with van der Waals surface area (Å²) in [7, 11) is 1.28. The van der Waals surface area contributed by atoms with Crippen LogP contribution < -0.4 is 10.2 Å². The zero-order chi connectivity index (χ0) is 45.7. The van der Waals surface area contributed by atoms with E-state index in [-0.39, 0.29) is 19.1 Å². The van der Waals surface area contributed by atoms with E-state index in [4.69, 9.17) is 9.05 Å². The van der Waals surface area contributed by atoms with Gasteiger partial charge >= 0.3 is 0 Å². The lowest BCUT2D eigenvalue weighted by atomic mass is 10.0. The van der Waals surface area contributed by atoms with Gasteiger partial charge in [-0.15, -0.1) is 0 Å². The fourth-order valence-corrected chi connectivity index (χ4v) is 7.19. The smallest absolute Gasteiger partial charge is 0.268 e. The number of aliphatic hydroxyl groups excluding tert-OH is 1. The summed E-state index contributed by atoms with van der Waals surface area (Å²) in [5, 5.41) is 13.7. The van der Waals surface area contributed by atoms with Gasteiger partial charge in [-0.3, -0.25) is 9.36 Å². The standard InChI is InChI=1S/C53H93N2O6P/c1-6-8-10-12-13-14-15-16-17-18-19-20-21-22-23-24-25-26-27-28-29-30-31-32-33-34-35-36-37-38-39-40-41-43-45-47-53(57)54-51(52(56)46-44-42-11-9-7-2)50-61-62(58,59)60-49-48-55(3,4)5/h8,10,13-14,16-17,19-20,22-23,25-26,28-29,31-32,51-52,56H,6-7,9,11-12,15,18,21,24,27,30,33-50H2,1-5H3,(H-,54,57,58,59)/b10-8-,14-13-,17-16-,20-19-,23-22-,26-25-,29-28-,32-31-. The van der Waals surface area contributed by atoms with Crippen LogP contribution >= 0.6 is 7.82 Å². The largest absolute Gasteiger partial charge is 0.756 e. The predicted molar refractivity (Wildman–Crippen MR) is 265 cm³/mol. The van der Waals surface area contributed by atoms with Crippen molar-refractivity contribution in [3.05, 3.63) is 97.2 Å². The molecule has 356 valence electrons. The summed E-state index contributed by atoms with van der Waals surface area (Å²) < 4.78 is 23.1. The van der Waals surface area contributed by atoms with Gasteiger partial charge in [0.25, 0.3) is 7.82 Å². The van der Waals surface area contributed by atoms with E-state index in [1.807, 2.05) is 21.1 Å². The third-order valence-electron chi connectivity index (χ3n) is 10.3. The van der Waals surface area contributed by atoms with Crippen molar-refractivity contribution < 1.29 is 32.9 Å². The second-order valence-corrected chi connectivity index (χ2v) is 18.8. The quantitative estimate of drug-likeness (QED) is 0.0273. The first kappa shape index (κ1) is 59.4. The van der Waals surface area contributed by atoms with Crippen LogP contribution in [0.4, 0.5) is 0 Å². The van der Waals surface area contributed by atoms with Crippen molar-refractivity contribution in [3.8, 4) is 0 Å². The molecular formula is C53H93N2O6P. The molecule has 0 aromatic rings. The average Bonchev–Trinajstić information content (AvgIpc) is 3.23. The van der Waals surface area contributed by atoms with Crippen molar-refractivity contribution in [2.45, 2.75) is 193 Å². The number of unbranched alkanes of at least 4 members (excludes halogenated alkanes) is 14. The van der Waals surface area contributed by atoms with Crippen molar-refractivity contribution >= 4 is 13.7 Å². The summed E-state index contributed by atoms with van der Waals surface area (Å²) in [4.78, 5) is 25.1. The van der Waals surface area contributed by atoms with E-state index in [2.05, 4.69) is 116 Å². The summed E-state index contributed by atoms with van der Waals surface area (Å²) in [5.74, 6) is -0.182. The van der Waals surface area contributed by atoms with Crippen molar-refractivity contribution in [2.75, 3.05) is 40.9 Å². The van der Waals surface area contributed by atoms with Gasteiger partial charge < -0.3 is 28.8 Å². The summed E-state index contributed by atoms with van der Waals surface area (Å²) >= 11 is 0. The lowest BCUT2D eigenvalue weighted by Gasteiger charge is -2.30. The molecule has 0 bridgehead atoms. The molecule has 0 spiro atoms. The Bertz CT molecular complexity index is 1330. The number of carbonyl (C=O) groups excluding carboxylic acids is 1. The molecule has 8 nitrogen and oxygen atoms in total. The molecule has 0 aromatic carbocycles. The normalized spacial score (nSPS) is 15.0. The van der Waals surface area contributed by atoms with Gasteiger partial charge in [0.05, 0.1) is 39.9 Å². The van der Waals surface area contributed by atoms with Crippen LogP contribution in [0.1, 0.15) is 181 Å². The Labute approximate surface area is 381 Å². The Morgan fingerprint density at radius 2 is 0.984 bits per heavy atom. The van der Waals surface area contributed by atoms with Gasteiger partial charge in [0.2, 0.25) is 5.91 Å². The van der Waals surface area contributed by atoms with E-state index in [9.17, 15) is 19.4 Å². The van der Waals surface area contributed by atoms with Crippen LogP contribution in [0.5, 0.6) is 0 Å². The number of phosphoric acid groups is 1. The highest BCUT2D eigenvalue weighted by Gasteiger charge is 2.24. The van der Waals surface area contributed by atoms with Gasteiger partial charge in [-0.05, 0) is 77.0 Å². The molecule has 0 rings (SSSR count). The number of amides is 1. The Balaban J connectivity index is 3.95. The Morgan fingerprint density at radius 1 is 0.581 bits per heavy atom. The number of phosphoric ester groups is 1. The van der Waals surface area contributed by atoms with E-state index < -0.39 is 20.0 Å². The zero-order valence-electron chi connectivity index (χ0n) is 40.3. The molecule has 0 saturated carbocycles. The van der Waals surface area contributed by atoms with Crippen molar-refractivity contribution in [1.29, 1.82) is 0 Å². The van der Waals surface area contributed by atoms with Gasteiger partial charge in [-0.25, -0.2) is 0 Å². The number of likely N-dealkylation sites (N-methyl/N-ethyl adjacent to an activating group) is 1. The lowest BCUT2D eigenvalue weighted by Crippen LogP contribution is -2.46. The number of rotatable bonds is 43. The summed E-state index contributed by atoms with van der Waals surface area (Å²) in [6.07, 6.45) is 61.9. The van der Waals surface area contributed by atoms with Crippen molar-refractivity contribution in [2.24, 2.45) is 0 Å². The van der Waals surface area contributed by atoms with Crippen LogP contribution in [0.25, 0.3) is 0 Å². The molecule has 0 aliphatic carbocycles. The fraction of sp³-hybridized carbons (Fsp3) is 0.679. The highest BCUT2D eigenvalue weighted by Crippen LogP contribution is 2.38. The number of hydrogen-bond acceptors (Lipinski definition) is 6. The first-order valence-electron chi connectivity index (χ1n) is 24.6. The third-order valence-corrected chi connectivity index (χ3v) is 11.3. The molecule has 3 atom stereocenters. The minimum atomic E-state index is -4.56. The number of nitrogens with one attached hydrogen (secondary N) is 1. The molecule has 3 unspecified atom stereocenters. The second kappa shape index (κ2) is 43.7. The fourth-order valence-electron chi connectivity index (χ4n) is 6.47. The minimum absolute atomic E-state index is 0.00585. The Hall–Kier alpha value is -2.58. The topological polar surface area (TPSA) is 108 Å². The molecular weight excluding hydrogens is 792 g/mol. The summed E-state index contributed by atoms with van der Waals surface area (Å²) in [6, 6.07) is -0.804. The maximum Gasteiger partial charge on any atom is 0.268 e. The molecule has 0 heterocycles. The average molecular weight is 885 g/mol. The third kappa shape index (κ3) is 45.4. The van der Waals surface area contributed by atoms with Gasteiger partial charge in [-0.1, -0.05) is 195 Å². The number of aliphatic hydroxyl groups is 1. The van der Waals surface area contributed by atoms with Crippen molar-refractivity contribution in [1.82, 2.24) is 5.32 Å². The molecule has 0 fully saturated rings. The Morgan fingerprint density at radius 3 is 1.44 bits per heavy atom. The molecule has 0 aromatic heterocycles. The highest BCUT2D eigenvalue weighted by atomic mass is 31.2. The lowest BCUT2D eigenvalue weighted by molar-refractivity contribution is -0.870. The van der Waals surface area contributed by atoms with Gasteiger partial charge in [0, 0.05) is 6.42 Å². The molecule has 0 aliphatic heterocycles. The monoisotopic (exact) mass is 885 g/mol. The number of hydrogen-bond donors (Lipinski definition) is 2. The second-order valence-electron chi connectivity index (χ2n) is 17.4. The molecule has 1 amide bonds. The first-order valence-corrected chi connectivity index (χ1v) is 26.0. The molecule has 0 radical (unpaired) electrons. The van der Waals surface area contributed by atoms with E-state index in [1.54, 1.807) is 0 Å². The van der Waals surface area contributed by atoms with Crippen LogP contribution in [0.3, 0.4) is 0 Å². The maximum absolute atomic E-state index is 12.8. The van der Waals surface area contributed by atoms with E-state index >= 15 is 0 Å². The number of allylic oxidation sites excluding steroid dienone is 16.